The second kappa shape index (κ2) is 7.21. The highest BCUT2D eigenvalue weighted by molar-refractivity contribution is 6.29. The van der Waals surface area contributed by atoms with E-state index in [0.29, 0.717) is 18.7 Å². The molecule has 1 atom stereocenters. The fraction of sp³-hybridized carbons (Fsp3) is 0.455. The van der Waals surface area contributed by atoms with Crippen LogP contribution < -0.4 is 5.32 Å². The van der Waals surface area contributed by atoms with Gasteiger partial charge >= 0.3 is 0 Å². The largest absolute Gasteiger partial charge is 0.382 e. The smallest absolute Gasteiger partial charge is 0.251 e. The molecule has 0 fully saturated rings. The summed E-state index contributed by atoms with van der Waals surface area (Å²) in [5, 5.41) is 3.02. The minimum atomic E-state index is -0.215. The molecule has 0 aromatic carbocycles. The van der Waals surface area contributed by atoms with E-state index in [1.807, 2.05) is 0 Å². The van der Waals surface area contributed by atoms with E-state index in [1.165, 1.54) is 12.3 Å². The summed E-state index contributed by atoms with van der Waals surface area (Å²) >= 11 is 5.69. The fourth-order valence-electron chi connectivity index (χ4n) is 1.25. The van der Waals surface area contributed by atoms with Crippen LogP contribution in [0.3, 0.4) is 0 Å². The molecule has 0 aliphatic carbocycles. The normalized spacial score (nSPS) is 12.2. The van der Waals surface area contributed by atoms with Crippen molar-refractivity contribution in [3.8, 4) is 0 Å². The van der Waals surface area contributed by atoms with Gasteiger partial charge < -0.3 is 14.8 Å². The summed E-state index contributed by atoms with van der Waals surface area (Å²) in [7, 11) is 3.15. The zero-order chi connectivity index (χ0) is 12.7. The first kappa shape index (κ1) is 13.9. The van der Waals surface area contributed by atoms with Crippen molar-refractivity contribution in [1.29, 1.82) is 0 Å². The molecule has 0 saturated heterocycles. The van der Waals surface area contributed by atoms with E-state index in [0.717, 1.165) is 0 Å². The molecular formula is C11H15ClN2O3. The van der Waals surface area contributed by atoms with Crippen molar-refractivity contribution in [1.82, 2.24) is 10.3 Å². The van der Waals surface area contributed by atoms with Gasteiger partial charge in [0.05, 0.1) is 12.7 Å². The van der Waals surface area contributed by atoms with Crippen molar-refractivity contribution in [2.24, 2.45) is 0 Å². The third kappa shape index (κ3) is 4.68. The van der Waals surface area contributed by atoms with Crippen molar-refractivity contribution in [2.45, 2.75) is 6.10 Å². The van der Waals surface area contributed by atoms with E-state index in [9.17, 15) is 4.79 Å². The number of pyridine rings is 1. The number of nitrogens with zero attached hydrogens (tertiary/aromatic N) is 1. The fourth-order valence-corrected chi connectivity index (χ4v) is 1.42. The molecule has 1 heterocycles. The van der Waals surface area contributed by atoms with E-state index in [2.05, 4.69) is 10.3 Å². The molecule has 0 bridgehead atoms. The van der Waals surface area contributed by atoms with Gasteiger partial charge in [0.2, 0.25) is 0 Å². The Balaban J connectivity index is 2.49. The van der Waals surface area contributed by atoms with Gasteiger partial charge in [0.1, 0.15) is 5.15 Å². The van der Waals surface area contributed by atoms with E-state index in [-0.39, 0.29) is 17.2 Å². The predicted octanol–water partition coefficient (Wildman–Crippen LogP) is 1.13. The molecule has 5 nitrogen and oxygen atoms in total. The highest BCUT2D eigenvalue weighted by Crippen LogP contribution is 2.06. The summed E-state index contributed by atoms with van der Waals surface area (Å²) in [6.45, 7) is 0.803. The summed E-state index contributed by atoms with van der Waals surface area (Å²) in [6, 6.07) is 3.11. The highest BCUT2D eigenvalue weighted by Gasteiger charge is 2.10. The minimum absolute atomic E-state index is 0.166. The number of ether oxygens (including phenoxy) is 2. The summed E-state index contributed by atoms with van der Waals surface area (Å²) in [5.74, 6) is -0.215. The molecule has 0 spiro atoms. The molecule has 1 aromatic rings. The second-order valence-electron chi connectivity index (χ2n) is 3.39. The Morgan fingerprint density at radius 1 is 1.59 bits per heavy atom. The predicted molar refractivity (Wildman–Crippen MR) is 64.3 cm³/mol. The van der Waals surface area contributed by atoms with Crippen LogP contribution in [0.25, 0.3) is 0 Å². The molecule has 1 amide bonds. The maximum absolute atomic E-state index is 11.7. The van der Waals surface area contributed by atoms with E-state index < -0.39 is 0 Å². The van der Waals surface area contributed by atoms with Crippen LogP contribution in [0.4, 0.5) is 0 Å². The summed E-state index contributed by atoms with van der Waals surface area (Å²) < 4.78 is 10.1. The van der Waals surface area contributed by atoms with Gasteiger partial charge in [-0.05, 0) is 12.1 Å². The zero-order valence-electron chi connectivity index (χ0n) is 9.77. The van der Waals surface area contributed by atoms with Gasteiger partial charge in [-0.3, -0.25) is 4.79 Å². The Bertz CT molecular complexity index is 373. The van der Waals surface area contributed by atoms with Crippen LogP contribution in [-0.4, -0.2) is 44.4 Å². The summed E-state index contributed by atoms with van der Waals surface area (Å²) in [6.07, 6.45) is 1.32. The lowest BCUT2D eigenvalue weighted by atomic mass is 10.2. The van der Waals surface area contributed by atoms with Crippen molar-refractivity contribution in [3.05, 3.63) is 29.0 Å². The lowest BCUT2D eigenvalue weighted by molar-refractivity contribution is 0.0285. The lowest BCUT2D eigenvalue weighted by Crippen LogP contribution is -2.35. The average Bonchev–Trinajstić information content (AvgIpc) is 2.34. The van der Waals surface area contributed by atoms with Crippen molar-refractivity contribution in [3.63, 3.8) is 0 Å². The Morgan fingerprint density at radius 2 is 2.35 bits per heavy atom. The van der Waals surface area contributed by atoms with Gasteiger partial charge in [-0.1, -0.05) is 11.6 Å². The number of aromatic nitrogens is 1. The first-order valence-corrected chi connectivity index (χ1v) is 5.46. The quantitative estimate of drug-likeness (QED) is 0.777. The number of methoxy groups -OCH3 is 2. The van der Waals surface area contributed by atoms with Crippen molar-refractivity contribution >= 4 is 17.5 Å². The lowest BCUT2D eigenvalue weighted by Gasteiger charge is -2.14. The van der Waals surface area contributed by atoms with Gasteiger partial charge in [-0.2, -0.15) is 0 Å². The van der Waals surface area contributed by atoms with Gasteiger partial charge in [-0.25, -0.2) is 4.98 Å². The van der Waals surface area contributed by atoms with Gasteiger partial charge in [-0.15, -0.1) is 0 Å². The van der Waals surface area contributed by atoms with Gasteiger partial charge in [0, 0.05) is 32.5 Å². The van der Waals surface area contributed by atoms with Crippen LogP contribution in [0.15, 0.2) is 18.3 Å². The van der Waals surface area contributed by atoms with Crippen molar-refractivity contribution in [2.75, 3.05) is 27.4 Å². The first-order chi connectivity index (χ1) is 8.17. The Hall–Kier alpha value is -1.17. The van der Waals surface area contributed by atoms with Crippen LogP contribution in [-0.2, 0) is 9.47 Å². The number of amides is 1. The summed E-state index contributed by atoms with van der Waals surface area (Å²) in [5.41, 5.74) is 0.470. The van der Waals surface area contributed by atoms with Gasteiger partial charge in [0.25, 0.3) is 5.91 Å². The first-order valence-electron chi connectivity index (χ1n) is 5.09. The maximum atomic E-state index is 11.7. The number of hydrogen-bond acceptors (Lipinski definition) is 4. The van der Waals surface area contributed by atoms with E-state index >= 15 is 0 Å². The number of hydrogen-bond donors (Lipinski definition) is 1. The molecule has 0 radical (unpaired) electrons. The average molecular weight is 259 g/mol. The third-order valence-corrected chi connectivity index (χ3v) is 2.37. The number of rotatable bonds is 6. The topological polar surface area (TPSA) is 60.5 Å². The third-order valence-electron chi connectivity index (χ3n) is 2.16. The molecule has 0 saturated carbocycles. The number of halogens is 1. The van der Waals surface area contributed by atoms with E-state index in [1.54, 1.807) is 20.3 Å². The maximum Gasteiger partial charge on any atom is 0.251 e. The number of carbonyl (C=O) groups is 1. The zero-order valence-corrected chi connectivity index (χ0v) is 10.5. The molecular weight excluding hydrogens is 244 g/mol. The van der Waals surface area contributed by atoms with Crippen LogP contribution >= 0.6 is 11.6 Å². The van der Waals surface area contributed by atoms with Crippen LogP contribution in [0, 0.1) is 0 Å². The molecule has 0 aliphatic rings. The van der Waals surface area contributed by atoms with E-state index in [4.69, 9.17) is 21.1 Å². The van der Waals surface area contributed by atoms with Crippen molar-refractivity contribution < 1.29 is 14.3 Å². The monoisotopic (exact) mass is 258 g/mol. The molecule has 94 valence electrons. The molecule has 1 unspecified atom stereocenters. The van der Waals surface area contributed by atoms with Crippen LogP contribution in [0.5, 0.6) is 0 Å². The molecule has 1 aromatic heterocycles. The molecule has 1 N–H and O–H groups in total. The second-order valence-corrected chi connectivity index (χ2v) is 3.78. The highest BCUT2D eigenvalue weighted by atomic mass is 35.5. The Morgan fingerprint density at radius 3 is 2.94 bits per heavy atom. The number of carbonyl (C=O) groups excluding carboxylic acids is 1. The van der Waals surface area contributed by atoms with Crippen LogP contribution in [0.1, 0.15) is 10.4 Å². The molecule has 1 rings (SSSR count). The standard InChI is InChI=1S/C11H15ClN2O3/c1-16-7-9(17-2)6-14-11(15)8-3-4-13-10(12)5-8/h3-5,9H,6-7H2,1-2H3,(H,14,15). The molecule has 6 heteroatoms. The molecule has 0 aliphatic heterocycles. The molecule has 17 heavy (non-hydrogen) atoms. The number of nitrogens with one attached hydrogen (secondary N) is 1. The Labute approximate surface area is 105 Å². The minimum Gasteiger partial charge on any atom is -0.382 e. The summed E-state index contributed by atoms with van der Waals surface area (Å²) in [4.78, 5) is 15.5. The SMILES string of the molecule is COCC(CNC(=O)c1ccnc(Cl)c1)OC. The Kier molecular flexibility index (Phi) is 5.90. The van der Waals surface area contributed by atoms with Crippen LogP contribution in [0.2, 0.25) is 5.15 Å². The van der Waals surface area contributed by atoms with Gasteiger partial charge in [0.15, 0.2) is 0 Å².